The number of aliphatic hydroxyl groups is 1. The first-order valence-corrected chi connectivity index (χ1v) is 6.28. The fraction of sp³-hybridized carbons (Fsp3) is 0.200. The third kappa shape index (κ3) is 3.52. The van der Waals surface area contributed by atoms with E-state index in [0.29, 0.717) is 22.6 Å². The van der Waals surface area contributed by atoms with E-state index in [2.05, 4.69) is 0 Å². The number of hydrogen-bond donors (Lipinski definition) is 1. The maximum absolute atomic E-state index is 13.2. The second-order valence-electron chi connectivity index (χ2n) is 4.37. The van der Waals surface area contributed by atoms with Crippen LogP contribution in [-0.4, -0.2) is 11.7 Å². The van der Waals surface area contributed by atoms with Crippen molar-refractivity contribution in [3.8, 4) is 0 Å². The first kappa shape index (κ1) is 14.0. The molecule has 0 bridgehead atoms. The number of rotatable bonds is 4. The molecular weight excluding hydrogens is 270 g/mol. The van der Waals surface area contributed by atoms with Crippen molar-refractivity contribution in [3.05, 3.63) is 70.2 Å². The Bertz CT molecular complexity index is 572. The van der Waals surface area contributed by atoms with Gasteiger partial charge in [-0.05, 0) is 47.9 Å². The van der Waals surface area contributed by atoms with E-state index in [1.54, 1.807) is 12.1 Å². The summed E-state index contributed by atoms with van der Waals surface area (Å²) in [6, 6.07) is 10.1. The third-order valence-corrected chi connectivity index (χ3v) is 3.38. The molecule has 0 aliphatic heterocycles. The molecule has 0 spiro atoms. The molecule has 0 saturated heterocycles. The van der Waals surface area contributed by atoms with Gasteiger partial charge in [0.25, 0.3) is 0 Å². The van der Waals surface area contributed by atoms with Crippen LogP contribution in [-0.2, 0) is 6.42 Å². The Morgan fingerprint density at radius 2 is 1.79 bits per heavy atom. The maximum Gasteiger partial charge on any atom is 0.123 e. The fourth-order valence-corrected chi connectivity index (χ4v) is 2.21. The molecule has 1 nitrogen and oxygen atoms in total. The van der Waals surface area contributed by atoms with E-state index in [1.807, 2.05) is 0 Å². The summed E-state index contributed by atoms with van der Waals surface area (Å²) in [5, 5.41) is 9.87. The Morgan fingerprint density at radius 3 is 2.47 bits per heavy atom. The molecule has 0 radical (unpaired) electrons. The minimum absolute atomic E-state index is 0.156. The monoisotopic (exact) mass is 282 g/mol. The summed E-state index contributed by atoms with van der Waals surface area (Å²) < 4.78 is 26.4. The van der Waals surface area contributed by atoms with Gasteiger partial charge < -0.3 is 5.11 Å². The lowest BCUT2D eigenvalue weighted by atomic mass is 9.92. The highest BCUT2D eigenvalue weighted by molar-refractivity contribution is 6.31. The van der Waals surface area contributed by atoms with Gasteiger partial charge in [-0.25, -0.2) is 8.78 Å². The quantitative estimate of drug-likeness (QED) is 0.901. The smallest absolute Gasteiger partial charge is 0.123 e. The second-order valence-corrected chi connectivity index (χ2v) is 4.78. The lowest BCUT2D eigenvalue weighted by Crippen LogP contribution is -2.08. The minimum Gasteiger partial charge on any atom is -0.396 e. The summed E-state index contributed by atoms with van der Waals surface area (Å²) in [7, 11) is 0. The molecule has 100 valence electrons. The van der Waals surface area contributed by atoms with Gasteiger partial charge in [0.15, 0.2) is 0 Å². The first-order valence-electron chi connectivity index (χ1n) is 5.90. The average Bonchev–Trinajstić information content (AvgIpc) is 2.39. The highest BCUT2D eigenvalue weighted by Gasteiger charge is 2.14. The van der Waals surface area contributed by atoms with Crippen LogP contribution in [0.2, 0.25) is 5.02 Å². The van der Waals surface area contributed by atoms with Crippen molar-refractivity contribution in [1.29, 1.82) is 0 Å². The van der Waals surface area contributed by atoms with E-state index in [0.717, 1.165) is 0 Å². The van der Waals surface area contributed by atoms with Crippen molar-refractivity contribution >= 4 is 11.6 Å². The SMILES string of the molecule is OCC(Cc1cc(F)ccc1Cl)c1cccc(F)c1. The van der Waals surface area contributed by atoms with Crippen molar-refractivity contribution < 1.29 is 13.9 Å². The van der Waals surface area contributed by atoms with Gasteiger partial charge in [-0.1, -0.05) is 23.7 Å². The largest absolute Gasteiger partial charge is 0.396 e. The number of benzene rings is 2. The van der Waals surface area contributed by atoms with Crippen LogP contribution in [0.25, 0.3) is 0 Å². The zero-order valence-corrected chi connectivity index (χ0v) is 10.9. The van der Waals surface area contributed by atoms with Gasteiger partial charge in [0.2, 0.25) is 0 Å². The Balaban J connectivity index is 2.26. The zero-order valence-electron chi connectivity index (χ0n) is 10.1. The standard InChI is InChI=1S/C15H13ClF2O/c16-15-5-4-14(18)8-11(15)6-12(9-19)10-2-1-3-13(17)7-10/h1-5,7-8,12,19H,6,9H2. The molecule has 0 aliphatic rings. The van der Waals surface area contributed by atoms with Crippen LogP contribution < -0.4 is 0 Å². The predicted octanol–water partition coefficient (Wildman–Crippen LogP) is 3.94. The van der Waals surface area contributed by atoms with E-state index in [9.17, 15) is 13.9 Å². The topological polar surface area (TPSA) is 20.2 Å². The van der Waals surface area contributed by atoms with Gasteiger partial charge in [0, 0.05) is 10.9 Å². The number of hydrogen-bond acceptors (Lipinski definition) is 1. The summed E-state index contributed by atoms with van der Waals surface area (Å²) in [5.74, 6) is -1.05. The van der Waals surface area contributed by atoms with Crippen LogP contribution in [0, 0.1) is 11.6 Å². The van der Waals surface area contributed by atoms with Gasteiger partial charge in [-0.15, -0.1) is 0 Å². The molecular formula is C15H13ClF2O. The van der Waals surface area contributed by atoms with E-state index < -0.39 is 0 Å². The van der Waals surface area contributed by atoms with Crippen LogP contribution >= 0.6 is 11.6 Å². The molecule has 1 unspecified atom stereocenters. The van der Waals surface area contributed by atoms with Crippen LogP contribution in [0.15, 0.2) is 42.5 Å². The van der Waals surface area contributed by atoms with E-state index in [-0.39, 0.29) is 24.2 Å². The van der Waals surface area contributed by atoms with Crippen LogP contribution in [0.3, 0.4) is 0 Å². The van der Waals surface area contributed by atoms with E-state index in [1.165, 1.54) is 30.3 Å². The normalized spacial score (nSPS) is 12.4. The maximum atomic E-state index is 13.2. The molecule has 19 heavy (non-hydrogen) atoms. The summed E-state index contributed by atoms with van der Waals surface area (Å²) in [4.78, 5) is 0. The fourth-order valence-electron chi connectivity index (χ4n) is 2.01. The van der Waals surface area contributed by atoms with Gasteiger partial charge in [-0.2, -0.15) is 0 Å². The molecule has 4 heteroatoms. The first-order chi connectivity index (χ1) is 9.10. The van der Waals surface area contributed by atoms with Crippen LogP contribution in [0.1, 0.15) is 17.0 Å². The molecule has 0 aliphatic carbocycles. The Kier molecular flexibility index (Phi) is 4.51. The average molecular weight is 283 g/mol. The Labute approximate surface area is 115 Å². The summed E-state index contributed by atoms with van der Waals surface area (Å²) in [6.45, 7) is -0.156. The molecule has 1 N–H and O–H groups in total. The van der Waals surface area contributed by atoms with Gasteiger partial charge in [-0.3, -0.25) is 0 Å². The highest BCUT2D eigenvalue weighted by Crippen LogP contribution is 2.26. The molecule has 2 rings (SSSR count). The molecule has 0 aromatic heterocycles. The summed E-state index contributed by atoms with van der Waals surface area (Å²) in [5.41, 5.74) is 1.27. The van der Waals surface area contributed by atoms with Gasteiger partial charge in [0.05, 0.1) is 6.61 Å². The van der Waals surface area contributed by atoms with E-state index in [4.69, 9.17) is 11.6 Å². The molecule has 0 fully saturated rings. The van der Waals surface area contributed by atoms with Gasteiger partial charge >= 0.3 is 0 Å². The van der Waals surface area contributed by atoms with Crippen molar-refractivity contribution in [2.24, 2.45) is 0 Å². The highest BCUT2D eigenvalue weighted by atomic mass is 35.5. The number of aliphatic hydroxyl groups excluding tert-OH is 1. The Morgan fingerprint density at radius 1 is 1.05 bits per heavy atom. The summed E-state index contributed by atoms with van der Waals surface area (Å²) in [6.07, 6.45) is 0.358. The van der Waals surface area contributed by atoms with Crippen molar-refractivity contribution in [3.63, 3.8) is 0 Å². The van der Waals surface area contributed by atoms with Crippen LogP contribution in [0.4, 0.5) is 8.78 Å². The lowest BCUT2D eigenvalue weighted by Gasteiger charge is -2.15. The molecule has 0 amide bonds. The minimum atomic E-state index is -0.379. The second kappa shape index (κ2) is 6.13. The Hall–Kier alpha value is -1.45. The van der Waals surface area contributed by atoms with E-state index >= 15 is 0 Å². The predicted molar refractivity (Wildman–Crippen MR) is 71.3 cm³/mol. The van der Waals surface area contributed by atoms with Crippen LogP contribution in [0.5, 0.6) is 0 Å². The summed E-state index contributed by atoms with van der Waals surface area (Å²) >= 11 is 5.99. The third-order valence-electron chi connectivity index (χ3n) is 3.01. The zero-order chi connectivity index (χ0) is 13.8. The van der Waals surface area contributed by atoms with Crippen molar-refractivity contribution in [2.75, 3.05) is 6.61 Å². The molecule has 0 saturated carbocycles. The molecule has 0 heterocycles. The molecule has 2 aromatic rings. The molecule has 2 aromatic carbocycles. The molecule has 1 atom stereocenters. The van der Waals surface area contributed by atoms with Gasteiger partial charge in [0.1, 0.15) is 11.6 Å². The lowest BCUT2D eigenvalue weighted by molar-refractivity contribution is 0.264. The number of halogens is 3. The van der Waals surface area contributed by atoms with Crippen molar-refractivity contribution in [2.45, 2.75) is 12.3 Å². The van der Waals surface area contributed by atoms with Crippen molar-refractivity contribution in [1.82, 2.24) is 0 Å².